The second kappa shape index (κ2) is 7.29. The number of hydrogen-bond donors (Lipinski definition) is 1. The van der Waals surface area contributed by atoms with E-state index in [4.69, 9.17) is 9.84 Å². The number of likely N-dealkylation sites (tertiary alicyclic amines) is 1. The Hall–Kier alpha value is -2.04. The molecule has 1 aromatic carbocycles. The molecule has 0 aliphatic carbocycles. The first kappa shape index (κ1) is 16.3. The third-order valence-electron chi connectivity index (χ3n) is 4.21. The van der Waals surface area contributed by atoms with Crippen LogP contribution in [0, 0.1) is 13.8 Å². The highest BCUT2D eigenvalue weighted by atomic mass is 16.5. The molecule has 5 nitrogen and oxygen atoms in total. The van der Waals surface area contributed by atoms with Gasteiger partial charge in [0.25, 0.3) is 0 Å². The maximum Gasteiger partial charge on any atom is 0.326 e. The Balaban J connectivity index is 1.78. The summed E-state index contributed by atoms with van der Waals surface area (Å²) in [5.74, 6) is -0.149. The van der Waals surface area contributed by atoms with Gasteiger partial charge in [0.15, 0.2) is 0 Å². The first-order valence-corrected chi connectivity index (χ1v) is 7.72. The summed E-state index contributed by atoms with van der Waals surface area (Å²) in [4.78, 5) is 24.7. The first-order chi connectivity index (χ1) is 10.5. The van der Waals surface area contributed by atoms with Crippen molar-refractivity contribution >= 4 is 11.9 Å². The summed E-state index contributed by atoms with van der Waals surface area (Å²) < 4.78 is 5.72. The fourth-order valence-electron chi connectivity index (χ4n) is 2.75. The molecular weight excluding hydrogens is 282 g/mol. The van der Waals surface area contributed by atoms with Crippen LogP contribution in [0.3, 0.4) is 0 Å². The summed E-state index contributed by atoms with van der Waals surface area (Å²) in [6, 6.07) is 5.26. The van der Waals surface area contributed by atoms with Crippen LogP contribution in [0.15, 0.2) is 18.2 Å². The van der Waals surface area contributed by atoms with E-state index in [9.17, 15) is 9.59 Å². The number of aliphatic carboxylic acids is 1. The molecule has 0 saturated carbocycles. The molecule has 1 aliphatic heterocycles. The fourth-order valence-corrected chi connectivity index (χ4v) is 2.75. The molecule has 22 heavy (non-hydrogen) atoms. The average Bonchev–Trinajstić information content (AvgIpc) is 2.97. The molecule has 1 aromatic rings. The van der Waals surface area contributed by atoms with Crippen molar-refractivity contribution in [3.63, 3.8) is 0 Å². The standard InChI is InChI=1S/C17H23NO4/c1-12-6-3-8-15(13(12)2)22-11-5-9-16(19)18-10-4-7-14(18)17(20)21/h3,6,8,14H,4-5,7,9-11H2,1-2H3,(H,20,21). The van der Waals surface area contributed by atoms with Crippen LogP contribution < -0.4 is 4.74 Å². The highest BCUT2D eigenvalue weighted by Crippen LogP contribution is 2.21. The van der Waals surface area contributed by atoms with Crippen LogP contribution in [0.2, 0.25) is 0 Å². The van der Waals surface area contributed by atoms with Gasteiger partial charge in [-0.1, -0.05) is 12.1 Å². The number of carbonyl (C=O) groups is 2. The predicted octanol–water partition coefficient (Wildman–Crippen LogP) is 2.54. The molecule has 5 heteroatoms. The van der Waals surface area contributed by atoms with Crippen molar-refractivity contribution in [2.24, 2.45) is 0 Å². The quantitative estimate of drug-likeness (QED) is 0.820. The van der Waals surface area contributed by atoms with Gasteiger partial charge >= 0.3 is 5.97 Å². The SMILES string of the molecule is Cc1cccc(OCCCC(=O)N2CCCC2C(=O)O)c1C. The zero-order chi connectivity index (χ0) is 16.1. The van der Waals surface area contributed by atoms with E-state index in [1.807, 2.05) is 32.0 Å². The number of rotatable bonds is 6. The molecule has 0 spiro atoms. The molecule has 1 unspecified atom stereocenters. The van der Waals surface area contributed by atoms with Gasteiger partial charge < -0.3 is 14.7 Å². The minimum absolute atomic E-state index is 0.0885. The van der Waals surface area contributed by atoms with Crippen molar-refractivity contribution in [1.82, 2.24) is 4.90 Å². The molecule has 1 atom stereocenters. The largest absolute Gasteiger partial charge is 0.493 e. The van der Waals surface area contributed by atoms with Crippen LogP contribution >= 0.6 is 0 Å². The van der Waals surface area contributed by atoms with E-state index in [0.29, 0.717) is 32.4 Å². The van der Waals surface area contributed by atoms with Crippen molar-refractivity contribution in [3.8, 4) is 5.75 Å². The molecule has 0 radical (unpaired) electrons. The summed E-state index contributed by atoms with van der Waals surface area (Å²) in [5, 5.41) is 9.09. The Morgan fingerprint density at radius 2 is 2.14 bits per heavy atom. The number of carboxylic acids is 1. The van der Waals surface area contributed by atoms with Gasteiger partial charge in [0, 0.05) is 13.0 Å². The number of ether oxygens (including phenoxy) is 1. The van der Waals surface area contributed by atoms with E-state index >= 15 is 0 Å². The number of carboxylic acid groups (broad SMARTS) is 1. The van der Waals surface area contributed by atoms with Crippen LogP contribution in [-0.4, -0.2) is 41.1 Å². The maximum atomic E-state index is 12.1. The molecular formula is C17H23NO4. The number of aryl methyl sites for hydroxylation is 1. The molecule has 1 fully saturated rings. The first-order valence-electron chi connectivity index (χ1n) is 7.72. The van der Waals surface area contributed by atoms with Crippen molar-refractivity contribution in [2.45, 2.75) is 45.6 Å². The van der Waals surface area contributed by atoms with Gasteiger partial charge in [-0.15, -0.1) is 0 Å². The van der Waals surface area contributed by atoms with Crippen molar-refractivity contribution in [3.05, 3.63) is 29.3 Å². The maximum absolute atomic E-state index is 12.1. The van der Waals surface area contributed by atoms with Gasteiger partial charge in [0.2, 0.25) is 5.91 Å². The number of nitrogens with zero attached hydrogens (tertiary/aromatic N) is 1. The molecule has 0 aromatic heterocycles. The van der Waals surface area contributed by atoms with Crippen LogP contribution in [-0.2, 0) is 9.59 Å². The summed E-state index contributed by atoms with van der Waals surface area (Å²) in [5.41, 5.74) is 2.29. The molecule has 1 N–H and O–H groups in total. The Kier molecular flexibility index (Phi) is 5.41. The number of benzene rings is 1. The monoisotopic (exact) mass is 305 g/mol. The lowest BCUT2D eigenvalue weighted by Gasteiger charge is -2.21. The second-order valence-corrected chi connectivity index (χ2v) is 5.73. The molecule has 1 amide bonds. The number of carbonyl (C=O) groups excluding carboxylic acids is 1. The van der Waals surface area contributed by atoms with Crippen molar-refractivity contribution in [1.29, 1.82) is 0 Å². The molecule has 0 bridgehead atoms. The average molecular weight is 305 g/mol. The zero-order valence-corrected chi connectivity index (χ0v) is 13.2. The molecule has 120 valence electrons. The predicted molar refractivity (Wildman–Crippen MR) is 83.0 cm³/mol. The minimum atomic E-state index is -0.905. The smallest absolute Gasteiger partial charge is 0.326 e. The Morgan fingerprint density at radius 3 is 2.86 bits per heavy atom. The summed E-state index contributed by atoms with van der Waals surface area (Å²) in [7, 11) is 0. The zero-order valence-electron chi connectivity index (χ0n) is 13.2. The molecule has 1 saturated heterocycles. The number of amides is 1. The summed E-state index contributed by atoms with van der Waals surface area (Å²) in [6.07, 6.45) is 2.24. The highest BCUT2D eigenvalue weighted by Gasteiger charge is 2.33. The van der Waals surface area contributed by atoms with E-state index in [1.165, 1.54) is 10.5 Å². The third-order valence-corrected chi connectivity index (χ3v) is 4.21. The second-order valence-electron chi connectivity index (χ2n) is 5.73. The van der Waals surface area contributed by atoms with E-state index in [1.54, 1.807) is 0 Å². The summed E-state index contributed by atoms with van der Waals surface area (Å²) in [6.45, 7) is 5.05. The third kappa shape index (κ3) is 3.78. The molecule has 2 rings (SSSR count). The van der Waals surface area contributed by atoms with Crippen LogP contribution in [0.25, 0.3) is 0 Å². The molecule has 1 heterocycles. The van der Waals surface area contributed by atoms with Gasteiger partial charge in [-0.3, -0.25) is 4.79 Å². The van der Waals surface area contributed by atoms with Gasteiger partial charge in [0.05, 0.1) is 6.61 Å². The molecule has 1 aliphatic rings. The Bertz CT molecular complexity index is 556. The van der Waals surface area contributed by atoms with E-state index < -0.39 is 12.0 Å². The van der Waals surface area contributed by atoms with Gasteiger partial charge in [-0.2, -0.15) is 0 Å². The Labute approximate surface area is 130 Å². The van der Waals surface area contributed by atoms with Crippen molar-refractivity contribution in [2.75, 3.05) is 13.2 Å². The number of hydrogen-bond acceptors (Lipinski definition) is 3. The highest BCUT2D eigenvalue weighted by molar-refractivity contribution is 5.84. The van der Waals surface area contributed by atoms with E-state index in [0.717, 1.165) is 17.7 Å². The Morgan fingerprint density at radius 1 is 1.36 bits per heavy atom. The lowest BCUT2D eigenvalue weighted by atomic mass is 10.1. The fraction of sp³-hybridized carbons (Fsp3) is 0.529. The lowest BCUT2D eigenvalue weighted by Crippen LogP contribution is -2.40. The van der Waals surface area contributed by atoms with Crippen LogP contribution in [0.1, 0.15) is 36.8 Å². The van der Waals surface area contributed by atoms with Gasteiger partial charge in [0.1, 0.15) is 11.8 Å². The topological polar surface area (TPSA) is 66.8 Å². The van der Waals surface area contributed by atoms with Gasteiger partial charge in [-0.05, 0) is 50.3 Å². The van der Waals surface area contributed by atoms with Crippen LogP contribution in [0.4, 0.5) is 0 Å². The van der Waals surface area contributed by atoms with E-state index in [2.05, 4.69) is 0 Å². The van der Waals surface area contributed by atoms with Gasteiger partial charge in [-0.25, -0.2) is 4.79 Å². The minimum Gasteiger partial charge on any atom is -0.493 e. The normalized spacial score (nSPS) is 17.5. The van der Waals surface area contributed by atoms with Crippen molar-refractivity contribution < 1.29 is 19.4 Å². The summed E-state index contributed by atoms with van der Waals surface area (Å²) >= 11 is 0. The lowest BCUT2D eigenvalue weighted by molar-refractivity contribution is -0.148. The van der Waals surface area contributed by atoms with E-state index in [-0.39, 0.29) is 5.91 Å². The van der Waals surface area contributed by atoms with Crippen LogP contribution in [0.5, 0.6) is 5.75 Å².